The molecule has 1 aromatic heterocycles. The SMILES string of the molecule is CCOC1CCN(C(=NC)NCC(c2ccco2)N(C)C)CC1. The number of nitrogens with zero attached hydrogens (tertiary/aromatic N) is 3. The minimum Gasteiger partial charge on any atom is -0.468 e. The zero-order valence-corrected chi connectivity index (χ0v) is 14.8. The fourth-order valence-corrected chi connectivity index (χ4v) is 3.01. The Morgan fingerprint density at radius 1 is 1.48 bits per heavy atom. The number of hydrogen-bond acceptors (Lipinski definition) is 4. The summed E-state index contributed by atoms with van der Waals surface area (Å²) < 4.78 is 11.3. The fourth-order valence-electron chi connectivity index (χ4n) is 3.01. The van der Waals surface area contributed by atoms with E-state index in [1.54, 1.807) is 6.26 Å². The molecular weight excluding hydrogens is 292 g/mol. The average molecular weight is 322 g/mol. The predicted molar refractivity (Wildman–Crippen MR) is 92.7 cm³/mol. The van der Waals surface area contributed by atoms with Gasteiger partial charge in [0.05, 0.1) is 18.4 Å². The molecule has 0 saturated carbocycles. The average Bonchev–Trinajstić information content (AvgIpc) is 3.06. The number of piperidine rings is 1. The van der Waals surface area contributed by atoms with E-state index < -0.39 is 0 Å². The summed E-state index contributed by atoms with van der Waals surface area (Å²) >= 11 is 0. The first-order valence-electron chi connectivity index (χ1n) is 8.42. The Bertz CT molecular complexity index is 465. The largest absolute Gasteiger partial charge is 0.468 e. The van der Waals surface area contributed by atoms with Crippen molar-refractivity contribution in [2.45, 2.75) is 31.9 Å². The van der Waals surface area contributed by atoms with Crippen molar-refractivity contribution in [2.75, 3.05) is 47.4 Å². The maximum absolute atomic E-state index is 5.72. The van der Waals surface area contributed by atoms with Gasteiger partial charge in [-0.15, -0.1) is 0 Å². The number of rotatable bonds is 6. The van der Waals surface area contributed by atoms with Gasteiger partial charge in [-0.05, 0) is 46.0 Å². The fraction of sp³-hybridized carbons (Fsp3) is 0.706. The van der Waals surface area contributed by atoms with Crippen molar-refractivity contribution < 1.29 is 9.15 Å². The number of furan rings is 1. The molecule has 1 unspecified atom stereocenters. The molecule has 1 aromatic rings. The number of nitrogens with one attached hydrogen (secondary N) is 1. The summed E-state index contributed by atoms with van der Waals surface area (Å²) in [6.45, 7) is 5.59. The predicted octanol–water partition coefficient (Wildman–Crippen LogP) is 1.96. The highest BCUT2D eigenvalue weighted by molar-refractivity contribution is 5.80. The molecule has 1 fully saturated rings. The highest BCUT2D eigenvalue weighted by atomic mass is 16.5. The quantitative estimate of drug-likeness (QED) is 0.641. The second-order valence-corrected chi connectivity index (χ2v) is 6.06. The molecule has 2 heterocycles. The maximum atomic E-state index is 5.72. The topological polar surface area (TPSA) is 53.2 Å². The zero-order valence-electron chi connectivity index (χ0n) is 14.8. The minimum absolute atomic E-state index is 0.183. The van der Waals surface area contributed by atoms with Gasteiger partial charge in [-0.2, -0.15) is 0 Å². The van der Waals surface area contributed by atoms with Crippen molar-refractivity contribution in [3.05, 3.63) is 24.2 Å². The Kier molecular flexibility index (Phi) is 6.92. The molecule has 2 rings (SSSR count). The molecule has 1 N–H and O–H groups in total. The van der Waals surface area contributed by atoms with Crippen LogP contribution in [0.2, 0.25) is 0 Å². The monoisotopic (exact) mass is 322 g/mol. The molecule has 23 heavy (non-hydrogen) atoms. The number of aliphatic imine (C=N–C) groups is 1. The van der Waals surface area contributed by atoms with Crippen molar-refractivity contribution in [3.63, 3.8) is 0 Å². The molecule has 130 valence electrons. The Morgan fingerprint density at radius 3 is 2.74 bits per heavy atom. The summed E-state index contributed by atoms with van der Waals surface area (Å²) in [5.74, 6) is 1.92. The molecule has 0 aromatic carbocycles. The van der Waals surface area contributed by atoms with Crippen molar-refractivity contribution in [1.29, 1.82) is 0 Å². The molecule has 1 aliphatic heterocycles. The summed E-state index contributed by atoms with van der Waals surface area (Å²) in [4.78, 5) is 8.90. The van der Waals surface area contributed by atoms with Crippen molar-refractivity contribution in [3.8, 4) is 0 Å². The van der Waals surface area contributed by atoms with Crippen LogP contribution in [-0.4, -0.2) is 69.2 Å². The van der Waals surface area contributed by atoms with Gasteiger partial charge >= 0.3 is 0 Å². The van der Waals surface area contributed by atoms with Crippen molar-refractivity contribution in [1.82, 2.24) is 15.1 Å². The summed E-state index contributed by atoms with van der Waals surface area (Å²) in [5, 5.41) is 3.49. The number of guanidine groups is 1. The Morgan fingerprint density at radius 2 is 2.22 bits per heavy atom. The van der Waals surface area contributed by atoms with E-state index in [1.807, 2.05) is 19.2 Å². The van der Waals surface area contributed by atoms with Gasteiger partial charge in [0.25, 0.3) is 0 Å². The highest BCUT2D eigenvalue weighted by Gasteiger charge is 2.23. The molecule has 1 saturated heterocycles. The van der Waals surface area contributed by atoms with E-state index in [1.165, 1.54) is 0 Å². The van der Waals surface area contributed by atoms with Gasteiger partial charge in [-0.25, -0.2) is 0 Å². The third kappa shape index (κ3) is 4.97. The van der Waals surface area contributed by atoms with Crippen LogP contribution >= 0.6 is 0 Å². The smallest absolute Gasteiger partial charge is 0.193 e. The maximum Gasteiger partial charge on any atom is 0.193 e. The lowest BCUT2D eigenvalue weighted by molar-refractivity contribution is 0.0263. The van der Waals surface area contributed by atoms with E-state index in [4.69, 9.17) is 9.15 Å². The van der Waals surface area contributed by atoms with E-state index in [0.29, 0.717) is 6.10 Å². The van der Waals surface area contributed by atoms with Crippen LogP contribution in [0.4, 0.5) is 0 Å². The van der Waals surface area contributed by atoms with Gasteiger partial charge in [0.2, 0.25) is 0 Å². The lowest BCUT2D eigenvalue weighted by Gasteiger charge is -2.34. The Labute approximate surface area is 139 Å². The van der Waals surface area contributed by atoms with Crippen LogP contribution in [0.15, 0.2) is 27.8 Å². The number of hydrogen-bond donors (Lipinski definition) is 1. The highest BCUT2D eigenvalue weighted by Crippen LogP contribution is 2.18. The van der Waals surface area contributed by atoms with Crippen LogP contribution in [0, 0.1) is 0 Å². The van der Waals surface area contributed by atoms with Gasteiger partial charge < -0.3 is 19.4 Å². The van der Waals surface area contributed by atoms with Crippen LogP contribution in [0.3, 0.4) is 0 Å². The Hall–Kier alpha value is -1.53. The number of likely N-dealkylation sites (N-methyl/N-ethyl adjacent to an activating group) is 1. The Balaban J connectivity index is 1.87. The lowest BCUT2D eigenvalue weighted by atomic mass is 10.1. The minimum atomic E-state index is 0.183. The van der Waals surface area contributed by atoms with Gasteiger partial charge in [-0.3, -0.25) is 9.89 Å². The molecule has 0 radical (unpaired) electrons. The zero-order chi connectivity index (χ0) is 16.7. The molecule has 6 heteroatoms. The van der Waals surface area contributed by atoms with Gasteiger partial charge in [-0.1, -0.05) is 0 Å². The van der Waals surface area contributed by atoms with Crippen LogP contribution in [0.1, 0.15) is 31.6 Å². The summed E-state index contributed by atoms with van der Waals surface area (Å²) in [6, 6.07) is 4.13. The second-order valence-electron chi connectivity index (χ2n) is 6.06. The second kappa shape index (κ2) is 8.93. The molecule has 0 bridgehead atoms. The van der Waals surface area contributed by atoms with E-state index in [2.05, 4.69) is 41.1 Å². The molecule has 0 amide bonds. The molecule has 0 spiro atoms. The van der Waals surface area contributed by atoms with Gasteiger partial charge in [0, 0.05) is 33.3 Å². The summed E-state index contributed by atoms with van der Waals surface area (Å²) in [5.41, 5.74) is 0. The standard InChI is InChI=1S/C17H30N4O2/c1-5-22-14-8-10-21(11-9-14)17(18-2)19-13-15(20(3)4)16-7-6-12-23-16/h6-7,12,14-15H,5,8-11,13H2,1-4H3,(H,18,19). The summed E-state index contributed by atoms with van der Waals surface area (Å²) in [6.07, 6.45) is 4.24. The van der Waals surface area contributed by atoms with Gasteiger partial charge in [0.1, 0.15) is 5.76 Å². The van der Waals surface area contributed by atoms with E-state index in [-0.39, 0.29) is 6.04 Å². The molecule has 0 aliphatic carbocycles. The third-order valence-electron chi connectivity index (χ3n) is 4.30. The van der Waals surface area contributed by atoms with Crippen molar-refractivity contribution >= 4 is 5.96 Å². The third-order valence-corrected chi connectivity index (χ3v) is 4.30. The van der Waals surface area contributed by atoms with Crippen LogP contribution in [0.5, 0.6) is 0 Å². The van der Waals surface area contributed by atoms with E-state index >= 15 is 0 Å². The molecule has 6 nitrogen and oxygen atoms in total. The number of ether oxygens (including phenoxy) is 1. The molecule has 1 atom stereocenters. The van der Waals surface area contributed by atoms with E-state index in [9.17, 15) is 0 Å². The van der Waals surface area contributed by atoms with Gasteiger partial charge in [0.15, 0.2) is 5.96 Å². The lowest BCUT2D eigenvalue weighted by Crippen LogP contribution is -2.48. The first-order valence-corrected chi connectivity index (χ1v) is 8.42. The van der Waals surface area contributed by atoms with Crippen LogP contribution < -0.4 is 5.32 Å². The summed E-state index contributed by atoms with van der Waals surface area (Å²) in [7, 11) is 5.96. The molecule has 1 aliphatic rings. The normalized spacial score (nSPS) is 18.5. The van der Waals surface area contributed by atoms with Crippen LogP contribution in [0.25, 0.3) is 0 Å². The first kappa shape index (κ1) is 17.8. The number of likely N-dealkylation sites (tertiary alicyclic amines) is 1. The van der Waals surface area contributed by atoms with Crippen molar-refractivity contribution in [2.24, 2.45) is 4.99 Å². The van der Waals surface area contributed by atoms with Crippen LogP contribution in [-0.2, 0) is 4.74 Å². The first-order chi connectivity index (χ1) is 11.2. The van der Waals surface area contributed by atoms with E-state index in [0.717, 1.165) is 50.8 Å². The molecular formula is C17H30N4O2.